The van der Waals surface area contributed by atoms with Crippen LogP contribution in [0, 0.1) is 12.8 Å². The van der Waals surface area contributed by atoms with Gasteiger partial charge in [-0.1, -0.05) is 22.9 Å². The van der Waals surface area contributed by atoms with Crippen molar-refractivity contribution in [3.63, 3.8) is 0 Å². The van der Waals surface area contributed by atoms with E-state index in [1.165, 1.54) is 30.8 Å². The van der Waals surface area contributed by atoms with Crippen LogP contribution in [0.25, 0.3) is 11.1 Å². The van der Waals surface area contributed by atoms with Gasteiger partial charge in [-0.15, -0.1) is 13.2 Å². The molecule has 4 heterocycles. The number of aryl methyl sites for hydroxylation is 1. The predicted molar refractivity (Wildman–Crippen MR) is 136 cm³/mol. The van der Waals surface area contributed by atoms with Gasteiger partial charge in [-0.2, -0.15) is 0 Å². The van der Waals surface area contributed by atoms with Gasteiger partial charge in [0.05, 0.1) is 48.6 Å². The van der Waals surface area contributed by atoms with Crippen molar-refractivity contribution in [1.29, 1.82) is 0 Å². The number of aromatic nitrogens is 3. The molecule has 1 fully saturated rings. The summed E-state index contributed by atoms with van der Waals surface area (Å²) in [5.74, 6) is -0.721. The van der Waals surface area contributed by atoms with Crippen molar-refractivity contribution < 1.29 is 32.2 Å². The Morgan fingerprint density at radius 1 is 1.15 bits per heavy atom. The summed E-state index contributed by atoms with van der Waals surface area (Å²) in [4.78, 5) is 41.4. The number of nitrogens with zero attached hydrogens (tertiary/aromatic N) is 4. The lowest BCUT2D eigenvalue weighted by molar-refractivity contribution is -0.341. The Labute approximate surface area is 230 Å². The molecular formula is C25H23ClF3N5O4S. The topological polar surface area (TPSA) is 107 Å². The molecule has 1 saturated carbocycles. The summed E-state index contributed by atoms with van der Waals surface area (Å²) in [5.41, 5.74) is 2.76. The molecule has 14 heteroatoms. The summed E-state index contributed by atoms with van der Waals surface area (Å²) in [6, 6.07) is 3.36. The van der Waals surface area contributed by atoms with Gasteiger partial charge in [0, 0.05) is 28.9 Å². The highest BCUT2D eigenvalue weighted by Gasteiger charge is 2.41. The van der Waals surface area contributed by atoms with Gasteiger partial charge in [-0.05, 0) is 38.3 Å². The summed E-state index contributed by atoms with van der Waals surface area (Å²) in [6.07, 6.45) is -2.20. The fourth-order valence-corrected chi connectivity index (χ4v) is 6.03. The summed E-state index contributed by atoms with van der Waals surface area (Å²) in [5, 5.41) is 3.41. The Morgan fingerprint density at radius 2 is 1.95 bits per heavy atom. The van der Waals surface area contributed by atoms with Crippen molar-refractivity contribution in [2.24, 2.45) is 5.92 Å². The number of anilines is 1. The average molecular weight is 582 g/mol. The van der Waals surface area contributed by atoms with Gasteiger partial charge in [0.15, 0.2) is 5.13 Å². The first kappa shape index (κ1) is 27.3. The maximum absolute atomic E-state index is 13.3. The number of methoxy groups -OCH3 is 1. The van der Waals surface area contributed by atoms with E-state index in [2.05, 4.69) is 25.0 Å². The number of amides is 2. The fourth-order valence-electron chi connectivity index (χ4n) is 4.89. The van der Waals surface area contributed by atoms with Crippen molar-refractivity contribution in [1.82, 2.24) is 19.9 Å². The van der Waals surface area contributed by atoms with Gasteiger partial charge >= 0.3 is 6.36 Å². The average Bonchev–Trinajstić information content (AvgIpc) is 3.58. The van der Waals surface area contributed by atoms with Crippen molar-refractivity contribution in [3.8, 4) is 16.9 Å². The molecule has 1 aliphatic carbocycles. The minimum atomic E-state index is -4.71. The highest BCUT2D eigenvalue weighted by atomic mass is 35.5. The molecule has 2 amide bonds. The second kappa shape index (κ2) is 10.7. The first-order chi connectivity index (χ1) is 18.5. The molecule has 1 aliphatic heterocycles. The molecule has 39 heavy (non-hydrogen) atoms. The second-order valence-electron chi connectivity index (χ2n) is 9.31. The molecule has 0 radical (unpaired) electrons. The lowest BCUT2D eigenvalue weighted by Crippen LogP contribution is -2.32. The van der Waals surface area contributed by atoms with Crippen LogP contribution in [0.1, 0.15) is 45.9 Å². The van der Waals surface area contributed by atoms with Crippen molar-refractivity contribution >= 4 is 39.9 Å². The Bertz CT molecular complexity index is 1410. The van der Waals surface area contributed by atoms with Crippen LogP contribution in [0.15, 0.2) is 24.5 Å². The number of hydrogen-bond acceptors (Lipinski definition) is 8. The van der Waals surface area contributed by atoms with Gasteiger partial charge in [-0.25, -0.2) is 9.97 Å². The Balaban J connectivity index is 1.27. The van der Waals surface area contributed by atoms with Crippen LogP contribution >= 0.6 is 22.9 Å². The zero-order chi connectivity index (χ0) is 27.9. The van der Waals surface area contributed by atoms with Crippen molar-refractivity contribution in [3.05, 3.63) is 51.5 Å². The van der Waals surface area contributed by atoms with Crippen LogP contribution in [0.3, 0.4) is 0 Å². The van der Waals surface area contributed by atoms with Crippen LogP contribution in [-0.4, -0.2) is 51.2 Å². The smallest absolute Gasteiger partial charge is 0.494 e. The number of pyridine rings is 2. The Hall–Kier alpha value is -3.29. The number of nitrogens with one attached hydrogen (secondary N) is 1. The number of halogens is 4. The molecule has 2 unspecified atom stereocenters. The molecule has 0 aromatic carbocycles. The quantitative estimate of drug-likeness (QED) is 0.390. The summed E-state index contributed by atoms with van der Waals surface area (Å²) in [7, 11) is 1.49. The third kappa shape index (κ3) is 5.99. The van der Waals surface area contributed by atoms with Gasteiger partial charge in [-0.3, -0.25) is 24.6 Å². The summed E-state index contributed by atoms with van der Waals surface area (Å²) >= 11 is 7.35. The van der Waals surface area contributed by atoms with Gasteiger partial charge in [0.1, 0.15) is 10.9 Å². The summed E-state index contributed by atoms with van der Waals surface area (Å²) in [6.45, 7) is 2.31. The molecule has 3 aromatic heterocycles. The normalized spacial score (nSPS) is 18.8. The van der Waals surface area contributed by atoms with Crippen LogP contribution < -0.4 is 10.1 Å². The van der Waals surface area contributed by atoms with E-state index in [0.717, 1.165) is 4.88 Å². The summed E-state index contributed by atoms with van der Waals surface area (Å²) < 4.78 is 47.1. The maximum atomic E-state index is 13.3. The van der Waals surface area contributed by atoms with Crippen molar-refractivity contribution in [2.45, 2.75) is 51.7 Å². The van der Waals surface area contributed by atoms with E-state index in [1.54, 1.807) is 24.0 Å². The highest BCUT2D eigenvalue weighted by molar-refractivity contribution is 7.16. The molecule has 9 nitrogen and oxygen atoms in total. The van der Waals surface area contributed by atoms with Gasteiger partial charge < -0.3 is 9.64 Å². The van der Waals surface area contributed by atoms with Gasteiger partial charge in [0.2, 0.25) is 5.91 Å². The predicted octanol–water partition coefficient (Wildman–Crippen LogP) is 5.37. The Kier molecular flexibility index (Phi) is 7.49. The molecule has 206 valence electrons. The minimum Gasteiger partial charge on any atom is -0.494 e. The first-order valence-corrected chi connectivity index (χ1v) is 13.2. The van der Waals surface area contributed by atoms with E-state index < -0.39 is 24.3 Å². The molecule has 5 rings (SSSR count). The molecule has 3 aromatic rings. The molecular weight excluding hydrogens is 559 g/mol. The second-order valence-corrected chi connectivity index (χ2v) is 10.8. The molecule has 2 atom stereocenters. The molecule has 1 N–H and O–H groups in total. The SMILES string of the molecule is COc1cnc(Cl)cc1-c1cc(C)ncc1C(=O)Nc1nc2c(s1)CN(C(=O)C1CCC(OC(F)(F)F)C1)C2. The van der Waals surface area contributed by atoms with E-state index in [1.807, 2.05) is 0 Å². The van der Waals surface area contributed by atoms with Crippen LogP contribution in [0.4, 0.5) is 18.3 Å². The zero-order valence-electron chi connectivity index (χ0n) is 20.8. The number of rotatable bonds is 6. The number of carbonyl (C=O) groups is 2. The van der Waals surface area contributed by atoms with Gasteiger partial charge in [0.25, 0.3) is 5.91 Å². The number of ether oxygens (including phenoxy) is 2. The number of carbonyl (C=O) groups excluding carboxylic acids is 2. The van der Waals surface area contributed by atoms with Crippen LogP contribution in [0.2, 0.25) is 5.15 Å². The van der Waals surface area contributed by atoms with Crippen LogP contribution in [-0.2, 0) is 22.6 Å². The first-order valence-electron chi connectivity index (χ1n) is 12.0. The third-order valence-corrected chi connectivity index (χ3v) is 7.85. The Morgan fingerprint density at radius 3 is 2.67 bits per heavy atom. The number of hydrogen-bond donors (Lipinski definition) is 1. The van der Waals surface area contributed by atoms with E-state index in [-0.39, 0.29) is 42.6 Å². The van der Waals surface area contributed by atoms with Crippen LogP contribution in [0.5, 0.6) is 5.75 Å². The fraction of sp³-hybridized carbons (Fsp3) is 0.400. The molecule has 2 aliphatic rings. The minimum absolute atomic E-state index is 0.0393. The number of thiazole rings is 1. The molecule has 0 bridgehead atoms. The van der Waals surface area contributed by atoms with Crippen molar-refractivity contribution in [2.75, 3.05) is 12.4 Å². The lowest BCUT2D eigenvalue weighted by Gasteiger charge is -2.20. The molecule has 0 spiro atoms. The van der Waals surface area contributed by atoms with E-state index in [9.17, 15) is 22.8 Å². The zero-order valence-corrected chi connectivity index (χ0v) is 22.4. The molecule has 0 saturated heterocycles. The van der Waals surface area contributed by atoms with E-state index in [4.69, 9.17) is 16.3 Å². The maximum Gasteiger partial charge on any atom is 0.522 e. The largest absolute Gasteiger partial charge is 0.522 e. The third-order valence-electron chi connectivity index (χ3n) is 6.65. The van der Waals surface area contributed by atoms with E-state index >= 15 is 0 Å². The monoisotopic (exact) mass is 581 g/mol. The standard InChI is InChI=1S/C25H23ClF3N5O4S/c1-12-5-15(16-7-21(26)31-9-19(16)37-2)17(8-30-12)22(35)33-24-32-18-10-34(11-20(18)39-24)23(36)13-3-4-14(6-13)38-25(27,28)29/h5,7-9,13-14H,3-4,6,10-11H2,1-2H3,(H,32,33,35). The van der Waals surface area contributed by atoms with E-state index in [0.29, 0.717) is 39.8 Å². The number of fused-ring (bicyclic) bond motifs is 1. The lowest BCUT2D eigenvalue weighted by atomic mass is 10.0. The highest BCUT2D eigenvalue weighted by Crippen LogP contribution is 2.38. The number of alkyl halides is 3.